The summed E-state index contributed by atoms with van der Waals surface area (Å²) >= 11 is 5.54. The zero-order valence-electron chi connectivity index (χ0n) is 8.64. The molecule has 0 radical (unpaired) electrons. The van der Waals surface area contributed by atoms with E-state index in [9.17, 15) is 4.79 Å². The normalized spacial score (nSPS) is 10.2. The smallest absolute Gasteiger partial charge is 0.162 e. The number of ketones is 1. The van der Waals surface area contributed by atoms with Gasteiger partial charge in [0.05, 0.1) is 0 Å². The predicted octanol–water partition coefficient (Wildman–Crippen LogP) is 3.51. The summed E-state index contributed by atoms with van der Waals surface area (Å²) < 4.78 is 0. The highest BCUT2D eigenvalue weighted by Gasteiger charge is 2.05. The second-order valence-corrected chi connectivity index (χ2v) is 3.89. The maximum atomic E-state index is 11.6. The molecule has 1 rings (SSSR count). The average molecular weight is 211 g/mol. The fourth-order valence-corrected chi connectivity index (χ4v) is 1.42. The van der Waals surface area contributed by atoms with Crippen molar-refractivity contribution in [2.75, 3.05) is 5.88 Å². The Morgan fingerprint density at radius 3 is 2.57 bits per heavy atom. The Hall–Kier alpha value is -0.820. The molecule has 0 amide bonds. The zero-order valence-corrected chi connectivity index (χ0v) is 9.40. The summed E-state index contributed by atoms with van der Waals surface area (Å²) in [5.74, 6) is 0.741. The van der Waals surface area contributed by atoms with Gasteiger partial charge in [-0.2, -0.15) is 0 Å². The van der Waals surface area contributed by atoms with Gasteiger partial charge in [-0.1, -0.05) is 12.1 Å². The Morgan fingerprint density at radius 1 is 1.29 bits per heavy atom. The van der Waals surface area contributed by atoms with Crippen LogP contribution in [0.2, 0.25) is 0 Å². The van der Waals surface area contributed by atoms with Gasteiger partial charge in [0.1, 0.15) is 0 Å². The predicted molar refractivity (Wildman–Crippen MR) is 60.2 cm³/mol. The molecular formula is C12H15ClO. The lowest BCUT2D eigenvalue weighted by Gasteiger charge is -2.03. The highest BCUT2D eigenvalue weighted by Crippen LogP contribution is 2.12. The Bertz CT molecular complexity index is 331. The number of alkyl halides is 1. The van der Waals surface area contributed by atoms with Crippen molar-refractivity contribution in [1.82, 2.24) is 0 Å². The number of carbonyl (C=O) groups is 1. The molecule has 0 aliphatic heterocycles. The fraction of sp³-hybridized carbons (Fsp3) is 0.417. The molecule has 2 heteroatoms. The molecule has 1 nitrogen and oxygen atoms in total. The van der Waals surface area contributed by atoms with Gasteiger partial charge in [-0.3, -0.25) is 4.79 Å². The van der Waals surface area contributed by atoms with Crippen molar-refractivity contribution < 1.29 is 4.79 Å². The van der Waals surface area contributed by atoms with E-state index < -0.39 is 0 Å². The monoisotopic (exact) mass is 210 g/mol. The molecule has 0 aliphatic rings. The van der Waals surface area contributed by atoms with E-state index in [2.05, 4.69) is 0 Å². The van der Waals surface area contributed by atoms with Gasteiger partial charge in [0.25, 0.3) is 0 Å². The lowest BCUT2D eigenvalue weighted by atomic mass is 10.0. The molecule has 0 fully saturated rings. The molecule has 0 saturated heterocycles. The summed E-state index contributed by atoms with van der Waals surface area (Å²) in [6, 6.07) is 5.83. The second-order valence-electron chi connectivity index (χ2n) is 3.51. The molecule has 0 N–H and O–H groups in total. The number of halogens is 1. The number of benzene rings is 1. The molecule has 1 aromatic carbocycles. The molecule has 1 aromatic rings. The van der Waals surface area contributed by atoms with Crippen molar-refractivity contribution in [2.24, 2.45) is 0 Å². The van der Waals surface area contributed by atoms with Gasteiger partial charge >= 0.3 is 0 Å². The first kappa shape index (κ1) is 11.3. The number of carbonyl (C=O) groups excluding carboxylic acids is 1. The van der Waals surface area contributed by atoms with E-state index in [4.69, 9.17) is 11.6 Å². The summed E-state index contributed by atoms with van der Waals surface area (Å²) in [5, 5.41) is 0. The minimum Gasteiger partial charge on any atom is -0.294 e. The third-order valence-electron chi connectivity index (χ3n) is 2.37. The first-order valence-corrected chi connectivity index (χ1v) is 5.35. The van der Waals surface area contributed by atoms with E-state index >= 15 is 0 Å². The van der Waals surface area contributed by atoms with E-state index in [1.54, 1.807) is 0 Å². The Labute approximate surface area is 90.1 Å². The van der Waals surface area contributed by atoms with Crippen LogP contribution in [-0.4, -0.2) is 11.7 Å². The van der Waals surface area contributed by atoms with Gasteiger partial charge in [-0.25, -0.2) is 0 Å². The number of rotatable bonds is 4. The third-order valence-corrected chi connectivity index (χ3v) is 2.63. The van der Waals surface area contributed by atoms with E-state index in [-0.39, 0.29) is 5.78 Å². The number of aryl methyl sites for hydroxylation is 2. The van der Waals surface area contributed by atoms with E-state index in [0.29, 0.717) is 12.3 Å². The van der Waals surface area contributed by atoms with Gasteiger partial charge in [-0.15, -0.1) is 11.6 Å². The Morgan fingerprint density at radius 2 is 2.00 bits per heavy atom. The molecule has 0 unspecified atom stereocenters. The number of hydrogen-bond acceptors (Lipinski definition) is 1. The summed E-state index contributed by atoms with van der Waals surface area (Å²) in [5.41, 5.74) is 3.19. The molecule has 14 heavy (non-hydrogen) atoms. The van der Waals surface area contributed by atoms with Crippen LogP contribution < -0.4 is 0 Å². The molecular weight excluding hydrogens is 196 g/mol. The summed E-state index contributed by atoms with van der Waals surface area (Å²) in [4.78, 5) is 11.6. The van der Waals surface area contributed by atoms with Crippen LogP contribution in [0.25, 0.3) is 0 Å². The van der Waals surface area contributed by atoms with E-state index in [1.165, 1.54) is 11.1 Å². The highest BCUT2D eigenvalue weighted by molar-refractivity contribution is 6.18. The van der Waals surface area contributed by atoms with Crippen molar-refractivity contribution in [2.45, 2.75) is 26.7 Å². The Balaban J connectivity index is 2.76. The molecule has 76 valence electrons. The van der Waals surface area contributed by atoms with Crippen molar-refractivity contribution in [3.8, 4) is 0 Å². The average Bonchev–Trinajstić information content (AvgIpc) is 2.18. The summed E-state index contributed by atoms with van der Waals surface area (Å²) in [6.07, 6.45) is 1.30. The number of Topliss-reactive ketones (excluding diaryl/α,β-unsaturated/α-hetero) is 1. The van der Waals surface area contributed by atoms with Crippen molar-refractivity contribution in [3.05, 3.63) is 34.9 Å². The SMILES string of the molecule is Cc1ccc(C(=O)CCCCl)cc1C. The molecule has 0 saturated carbocycles. The molecule has 0 spiro atoms. The zero-order chi connectivity index (χ0) is 10.6. The van der Waals surface area contributed by atoms with Gasteiger partial charge in [-0.05, 0) is 37.5 Å². The number of hydrogen-bond donors (Lipinski definition) is 0. The Kier molecular flexibility index (Phi) is 4.15. The van der Waals surface area contributed by atoms with Crippen LogP contribution >= 0.6 is 11.6 Å². The van der Waals surface area contributed by atoms with Crippen LogP contribution in [0.4, 0.5) is 0 Å². The fourth-order valence-electron chi connectivity index (χ4n) is 1.29. The van der Waals surface area contributed by atoms with E-state index in [1.807, 2.05) is 32.0 Å². The van der Waals surface area contributed by atoms with Gasteiger partial charge in [0.2, 0.25) is 0 Å². The van der Waals surface area contributed by atoms with Crippen LogP contribution in [0.15, 0.2) is 18.2 Å². The summed E-state index contributed by atoms with van der Waals surface area (Å²) in [7, 11) is 0. The topological polar surface area (TPSA) is 17.1 Å². The quantitative estimate of drug-likeness (QED) is 0.549. The van der Waals surface area contributed by atoms with Gasteiger partial charge < -0.3 is 0 Å². The minimum absolute atomic E-state index is 0.189. The first-order valence-electron chi connectivity index (χ1n) is 4.81. The largest absolute Gasteiger partial charge is 0.294 e. The molecule has 0 aliphatic carbocycles. The molecule has 0 heterocycles. The van der Waals surface area contributed by atoms with Crippen LogP contribution in [0, 0.1) is 13.8 Å². The standard InChI is InChI=1S/C12H15ClO/c1-9-5-6-11(8-10(9)2)12(14)4-3-7-13/h5-6,8H,3-4,7H2,1-2H3. The summed E-state index contributed by atoms with van der Waals surface area (Å²) in [6.45, 7) is 4.07. The molecule has 0 aromatic heterocycles. The van der Waals surface area contributed by atoms with Gasteiger partial charge in [0.15, 0.2) is 5.78 Å². The lowest BCUT2D eigenvalue weighted by molar-refractivity contribution is 0.0982. The molecule has 0 atom stereocenters. The highest BCUT2D eigenvalue weighted by atomic mass is 35.5. The lowest BCUT2D eigenvalue weighted by Crippen LogP contribution is -2.00. The molecule has 0 bridgehead atoms. The first-order chi connectivity index (χ1) is 6.65. The van der Waals surface area contributed by atoms with E-state index in [0.717, 1.165) is 12.0 Å². The minimum atomic E-state index is 0.189. The second kappa shape index (κ2) is 5.16. The third kappa shape index (κ3) is 2.85. The van der Waals surface area contributed by atoms with Crippen LogP contribution in [-0.2, 0) is 0 Å². The maximum Gasteiger partial charge on any atom is 0.162 e. The van der Waals surface area contributed by atoms with Crippen LogP contribution in [0.3, 0.4) is 0 Å². The van der Waals surface area contributed by atoms with Crippen molar-refractivity contribution in [1.29, 1.82) is 0 Å². The van der Waals surface area contributed by atoms with Crippen LogP contribution in [0.5, 0.6) is 0 Å². The van der Waals surface area contributed by atoms with Crippen LogP contribution in [0.1, 0.15) is 34.3 Å². The maximum absolute atomic E-state index is 11.6. The van der Waals surface area contributed by atoms with Crippen molar-refractivity contribution >= 4 is 17.4 Å². The van der Waals surface area contributed by atoms with Crippen molar-refractivity contribution in [3.63, 3.8) is 0 Å². The van der Waals surface area contributed by atoms with Gasteiger partial charge in [0, 0.05) is 17.9 Å².